The number of nitrogens with one attached hydrogen (secondary N) is 1. The third kappa shape index (κ3) is 2.68. The van der Waals surface area contributed by atoms with Gasteiger partial charge in [-0.3, -0.25) is 0 Å². The molecule has 2 rings (SSSR count). The van der Waals surface area contributed by atoms with Gasteiger partial charge in [-0.25, -0.2) is 0 Å². The SMILES string of the molecule is CCCCCc1c[nH]c2ccc(C(F)(F)F)cc12. The minimum absolute atomic E-state index is 0.577. The van der Waals surface area contributed by atoms with E-state index < -0.39 is 11.7 Å². The molecule has 0 amide bonds. The van der Waals surface area contributed by atoms with Crippen LogP contribution in [0.25, 0.3) is 10.9 Å². The van der Waals surface area contributed by atoms with Gasteiger partial charge in [0.15, 0.2) is 0 Å². The lowest BCUT2D eigenvalue weighted by atomic mass is 10.0. The fourth-order valence-corrected chi connectivity index (χ4v) is 2.13. The summed E-state index contributed by atoms with van der Waals surface area (Å²) in [5, 5.41) is 0.695. The van der Waals surface area contributed by atoms with Crippen LogP contribution in [0.5, 0.6) is 0 Å². The first-order valence-electron chi connectivity index (χ1n) is 6.19. The first-order valence-corrected chi connectivity index (χ1v) is 6.19. The summed E-state index contributed by atoms with van der Waals surface area (Å²) in [4.78, 5) is 3.03. The number of alkyl halides is 3. The van der Waals surface area contributed by atoms with Gasteiger partial charge in [-0.2, -0.15) is 13.2 Å². The Labute approximate surface area is 104 Å². The molecule has 0 saturated heterocycles. The van der Waals surface area contributed by atoms with E-state index in [9.17, 15) is 13.2 Å². The summed E-state index contributed by atoms with van der Waals surface area (Å²) in [6.07, 6.45) is 1.60. The quantitative estimate of drug-likeness (QED) is 0.746. The third-order valence-electron chi connectivity index (χ3n) is 3.14. The van der Waals surface area contributed by atoms with Crippen molar-refractivity contribution >= 4 is 10.9 Å². The maximum Gasteiger partial charge on any atom is 0.416 e. The molecule has 0 fully saturated rings. The van der Waals surface area contributed by atoms with E-state index in [1.807, 2.05) is 6.20 Å². The van der Waals surface area contributed by atoms with E-state index in [1.54, 1.807) is 0 Å². The Morgan fingerprint density at radius 3 is 2.61 bits per heavy atom. The molecule has 0 radical (unpaired) electrons. The number of aryl methyl sites for hydroxylation is 1. The highest BCUT2D eigenvalue weighted by Gasteiger charge is 2.30. The molecule has 0 aliphatic carbocycles. The smallest absolute Gasteiger partial charge is 0.361 e. The van der Waals surface area contributed by atoms with Gasteiger partial charge in [0.1, 0.15) is 0 Å². The number of hydrogen-bond donors (Lipinski definition) is 1. The molecular formula is C14H16F3N. The van der Waals surface area contributed by atoms with Crippen LogP contribution in [0, 0.1) is 0 Å². The number of halogens is 3. The Kier molecular flexibility index (Phi) is 3.64. The monoisotopic (exact) mass is 255 g/mol. The van der Waals surface area contributed by atoms with Gasteiger partial charge in [0.2, 0.25) is 0 Å². The van der Waals surface area contributed by atoms with E-state index in [0.29, 0.717) is 5.39 Å². The molecule has 1 aromatic heterocycles. The topological polar surface area (TPSA) is 15.8 Å². The minimum atomic E-state index is -4.27. The fraction of sp³-hybridized carbons (Fsp3) is 0.429. The minimum Gasteiger partial charge on any atom is -0.361 e. The average Bonchev–Trinajstić information content (AvgIpc) is 2.71. The molecule has 98 valence electrons. The lowest BCUT2D eigenvalue weighted by Gasteiger charge is -2.07. The first kappa shape index (κ1) is 13.0. The summed E-state index contributed by atoms with van der Waals surface area (Å²) in [6.45, 7) is 2.11. The molecule has 1 N–H and O–H groups in total. The second-order valence-electron chi connectivity index (χ2n) is 4.53. The van der Waals surface area contributed by atoms with Crippen LogP contribution < -0.4 is 0 Å². The summed E-state index contributed by atoms with van der Waals surface area (Å²) < 4.78 is 38.0. The number of fused-ring (bicyclic) bond motifs is 1. The molecule has 1 nitrogen and oxygen atoms in total. The molecular weight excluding hydrogens is 239 g/mol. The van der Waals surface area contributed by atoms with Crippen LogP contribution in [0.3, 0.4) is 0 Å². The van der Waals surface area contributed by atoms with Crippen LogP contribution in [0.2, 0.25) is 0 Å². The Bertz CT molecular complexity index is 525. The Balaban J connectivity index is 2.31. The fourth-order valence-electron chi connectivity index (χ4n) is 2.13. The van der Waals surface area contributed by atoms with E-state index >= 15 is 0 Å². The zero-order chi connectivity index (χ0) is 13.2. The lowest BCUT2D eigenvalue weighted by Crippen LogP contribution is -2.04. The number of rotatable bonds is 4. The van der Waals surface area contributed by atoms with Crippen LogP contribution in [0.4, 0.5) is 13.2 Å². The van der Waals surface area contributed by atoms with Crippen molar-refractivity contribution < 1.29 is 13.2 Å². The Morgan fingerprint density at radius 2 is 1.94 bits per heavy atom. The molecule has 18 heavy (non-hydrogen) atoms. The summed E-state index contributed by atoms with van der Waals surface area (Å²) in [7, 11) is 0. The van der Waals surface area contributed by atoms with Crippen molar-refractivity contribution in [1.82, 2.24) is 4.98 Å². The van der Waals surface area contributed by atoms with Gasteiger partial charge >= 0.3 is 6.18 Å². The van der Waals surface area contributed by atoms with E-state index in [1.165, 1.54) is 12.1 Å². The normalized spacial score (nSPS) is 12.2. The van der Waals surface area contributed by atoms with E-state index in [4.69, 9.17) is 0 Å². The molecule has 0 unspecified atom stereocenters. The summed E-state index contributed by atoms with van der Waals surface area (Å²) in [5.41, 5.74) is 1.17. The number of hydrogen-bond acceptors (Lipinski definition) is 0. The van der Waals surface area contributed by atoms with Crippen molar-refractivity contribution in [3.8, 4) is 0 Å². The van der Waals surface area contributed by atoms with Crippen LogP contribution in [0.15, 0.2) is 24.4 Å². The summed E-state index contributed by atoms with van der Waals surface area (Å²) in [5.74, 6) is 0. The van der Waals surface area contributed by atoms with Crippen molar-refractivity contribution in [3.63, 3.8) is 0 Å². The number of aromatic amines is 1. The molecule has 0 saturated carbocycles. The van der Waals surface area contributed by atoms with E-state index in [0.717, 1.165) is 42.8 Å². The highest BCUT2D eigenvalue weighted by molar-refractivity contribution is 5.84. The molecule has 4 heteroatoms. The second kappa shape index (κ2) is 5.04. The molecule has 0 atom stereocenters. The zero-order valence-corrected chi connectivity index (χ0v) is 10.3. The van der Waals surface area contributed by atoms with Gasteiger partial charge in [-0.1, -0.05) is 19.8 Å². The molecule has 0 spiro atoms. The number of H-pyrrole nitrogens is 1. The van der Waals surface area contributed by atoms with E-state index in [-0.39, 0.29) is 0 Å². The molecule has 1 aromatic carbocycles. The second-order valence-corrected chi connectivity index (χ2v) is 4.53. The first-order chi connectivity index (χ1) is 8.52. The van der Waals surface area contributed by atoms with Crippen LogP contribution in [-0.4, -0.2) is 4.98 Å². The number of benzene rings is 1. The molecule has 0 aliphatic heterocycles. The predicted octanol–water partition coefficient (Wildman–Crippen LogP) is 4.92. The Morgan fingerprint density at radius 1 is 1.17 bits per heavy atom. The largest absolute Gasteiger partial charge is 0.416 e. The van der Waals surface area contributed by atoms with Crippen molar-refractivity contribution in [2.75, 3.05) is 0 Å². The van der Waals surface area contributed by atoms with Crippen molar-refractivity contribution in [3.05, 3.63) is 35.5 Å². The lowest BCUT2D eigenvalue weighted by molar-refractivity contribution is -0.137. The average molecular weight is 255 g/mol. The summed E-state index contributed by atoms with van der Waals surface area (Å²) >= 11 is 0. The Hall–Kier alpha value is -1.45. The van der Waals surface area contributed by atoms with Crippen molar-refractivity contribution in [2.45, 2.75) is 38.8 Å². The van der Waals surface area contributed by atoms with Gasteiger partial charge < -0.3 is 4.98 Å². The number of unbranched alkanes of at least 4 members (excludes halogenated alkanes) is 2. The maximum atomic E-state index is 12.7. The standard InChI is InChI=1S/C14H16F3N/c1-2-3-4-5-10-9-18-13-7-6-11(8-12(10)13)14(15,16)17/h6-9,18H,2-5H2,1H3. The maximum absolute atomic E-state index is 12.7. The van der Waals surface area contributed by atoms with Gasteiger partial charge in [0, 0.05) is 17.1 Å². The third-order valence-corrected chi connectivity index (χ3v) is 3.14. The molecule has 2 aromatic rings. The van der Waals surface area contributed by atoms with Gasteiger partial charge in [-0.15, -0.1) is 0 Å². The number of aromatic nitrogens is 1. The highest BCUT2D eigenvalue weighted by Crippen LogP contribution is 2.32. The molecule has 0 aliphatic rings. The van der Waals surface area contributed by atoms with Gasteiger partial charge in [0.05, 0.1) is 5.56 Å². The summed E-state index contributed by atoms with van der Waals surface area (Å²) in [6, 6.07) is 3.86. The van der Waals surface area contributed by atoms with E-state index in [2.05, 4.69) is 11.9 Å². The predicted molar refractivity (Wildman–Crippen MR) is 66.5 cm³/mol. The molecule has 1 heterocycles. The molecule has 0 bridgehead atoms. The van der Waals surface area contributed by atoms with Crippen LogP contribution in [-0.2, 0) is 12.6 Å². The highest BCUT2D eigenvalue weighted by atomic mass is 19.4. The van der Waals surface area contributed by atoms with Gasteiger partial charge in [-0.05, 0) is 36.6 Å². The van der Waals surface area contributed by atoms with Crippen LogP contribution >= 0.6 is 0 Å². The zero-order valence-electron chi connectivity index (χ0n) is 10.3. The van der Waals surface area contributed by atoms with Crippen molar-refractivity contribution in [2.24, 2.45) is 0 Å². The van der Waals surface area contributed by atoms with Gasteiger partial charge in [0.25, 0.3) is 0 Å². The van der Waals surface area contributed by atoms with Crippen molar-refractivity contribution in [1.29, 1.82) is 0 Å². The van der Waals surface area contributed by atoms with Crippen LogP contribution in [0.1, 0.15) is 37.3 Å².